The van der Waals surface area contributed by atoms with Crippen molar-refractivity contribution >= 4 is 11.6 Å². The average Bonchev–Trinajstić information content (AvgIpc) is 2.64. The third-order valence-corrected chi connectivity index (χ3v) is 3.87. The second kappa shape index (κ2) is 6.17. The summed E-state index contributed by atoms with van der Waals surface area (Å²) in [6.45, 7) is 3.77. The third kappa shape index (κ3) is 3.14. The highest BCUT2D eigenvalue weighted by Gasteiger charge is 2.21. The zero-order valence-electron chi connectivity index (χ0n) is 11.5. The van der Waals surface area contributed by atoms with Gasteiger partial charge in [-0.05, 0) is 25.2 Å². The molecule has 0 aliphatic carbocycles. The van der Waals surface area contributed by atoms with Gasteiger partial charge in [0.05, 0.1) is 0 Å². The normalized spacial score (nSPS) is 20.2. The van der Waals surface area contributed by atoms with E-state index in [2.05, 4.69) is 17.2 Å². The number of halogens is 2. The Labute approximate surface area is 113 Å². The molecule has 1 aromatic heterocycles. The van der Waals surface area contributed by atoms with Crippen LogP contribution in [0, 0.1) is 17.6 Å². The van der Waals surface area contributed by atoms with Gasteiger partial charge in [0.2, 0.25) is 0 Å². The predicted molar refractivity (Wildman–Crippen MR) is 73.5 cm³/mol. The molecule has 0 bridgehead atoms. The molecular formula is C14H21F2N3. The van der Waals surface area contributed by atoms with Crippen LogP contribution in [0.4, 0.5) is 20.4 Å². The molecule has 19 heavy (non-hydrogen) atoms. The molecule has 0 spiro atoms. The molecule has 1 unspecified atom stereocenters. The first kappa shape index (κ1) is 14.0. The van der Waals surface area contributed by atoms with Crippen LogP contribution in [0.3, 0.4) is 0 Å². The molecule has 1 N–H and O–H groups in total. The predicted octanol–water partition coefficient (Wildman–Crippen LogP) is 3.42. The van der Waals surface area contributed by atoms with Crippen LogP contribution in [0.15, 0.2) is 6.07 Å². The van der Waals surface area contributed by atoms with E-state index in [0.29, 0.717) is 5.92 Å². The van der Waals surface area contributed by atoms with E-state index in [1.54, 1.807) is 7.05 Å². The second-order valence-corrected chi connectivity index (χ2v) is 5.07. The van der Waals surface area contributed by atoms with Gasteiger partial charge in [0, 0.05) is 26.2 Å². The molecule has 5 heteroatoms. The SMILES string of the molecule is CCC1CCCN(c2nc(NC)c(F)cc2F)CC1. The number of rotatable bonds is 3. The number of nitrogens with zero attached hydrogens (tertiary/aromatic N) is 2. The van der Waals surface area contributed by atoms with Crippen molar-refractivity contribution in [3.05, 3.63) is 17.7 Å². The molecule has 1 fully saturated rings. The van der Waals surface area contributed by atoms with Crippen molar-refractivity contribution in [2.24, 2.45) is 5.92 Å². The summed E-state index contributed by atoms with van der Waals surface area (Å²) in [6.07, 6.45) is 4.42. The van der Waals surface area contributed by atoms with E-state index < -0.39 is 11.6 Å². The van der Waals surface area contributed by atoms with Gasteiger partial charge in [0.1, 0.15) is 0 Å². The highest BCUT2D eigenvalue weighted by Crippen LogP contribution is 2.27. The molecule has 0 radical (unpaired) electrons. The Balaban J connectivity index is 2.21. The fraction of sp³-hybridized carbons (Fsp3) is 0.643. The summed E-state index contributed by atoms with van der Waals surface area (Å²) in [5.41, 5.74) is 0. The fourth-order valence-corrected chi connectivity index (χ4v) is 2.64. The first-order chi connectivity index (χ1) is 9.15. The van der Waals surface area contributed by atoms with Gasteiger partial charge in [0.25, 0.3) is 0 Å². The molecule has 0 saturated carbocycles. The molecule has 1 aliphatic heterocycles. The Morgan fingerprint density at radius 2 is 2.11 bits per heavy atom. The summed E-state index contributed by atoms with van der Waals surface area (Å²) in [4.78, 5) is 6.01. The van der Waals surface area contributed by atoms with Gasteiger partial charge in [-0.25, -0.2) is 13.8 Å². The Morgan fingerprint density at radius 3 is 2.79 bits per heavy atom. The van der Waals surface area contributed by atoms with Gasteiger partial charge in [0.15, 0.2) is 23.3 Å². The van der Waals surface area contributed by atoms with Crippen LogP contribution >= 0.6 is 0 Å². The van der Waals surface area contributed by atoms with Crippen molar-refractivity contribution in [2.45, 2.75) is 32.6 Å². The Bertz CT molecular complexity index is 437. The summed E-state index contributed by atoms with van der Waals surface area (Å²) in [5, 5.41) is 2.66. The quantitative estimate of drug-likeness (QED) is 0.911. The van der Waals surface area contributed by atoms with E-state index in [4.69, 9.17) is 0 Å². The number of pyridine rings is 1. The van der Waals surface area contributed by atoms with Gasteiger partial charge < -0.3 is 10.2 Å². The van der Waals surface area contributed by atoms with Crippen LogP contribution in [0.2, 0.25) is 0 Å². The first-order valence-corrected chi connectivity index (χ1v) is 6.94. The zero-order valence-corrected chi connectivity index (χ0v) is 11.5. The smallest absolute Gasteiger partial charge is 0.168 e. The van der Waals surface area contributed by atoms with Crippen LogP contribution in [0.25, 0.3) is 0 Å². The van der Waals surface area contributed by atoms with Crippen LogP contribution in [0.5, 0.6) is 0 Å². The van der Waals surface area contributed by atoms with E-state index in [1.165, 1.54) is 6.42 Å². The third-order valence-electron chi connectivity index (χ3n) is 3.87. The molecule has 106 valence electrons. The molecule has 1 atom stereocenters. The average molecular weight is 269 g/mol. The van der Waals surface area contributed by atoms with Gasteiger partial charge in [-0.1, -0.05) is 13.3 Å². The van der Waals surface area contributed by atoms with E-state index in [9.17, 15) is 8.78 Å². The minimum atomic E-state index is -0.648. The van der Waals surface area contributed by atoms with Gasteiger partial charge in [-0.15, -0.1) is 0 Å². The Kier molecular flexibility index (Phi) is 4.56. The van der Waals surface area contributed by atoms with Crippen molar-refractivity contribution in [3.63, 3.8) is 0 Å². The van der Waals surface area contributed by atoms with Crippen LogP contribution < -0.4 is 10.2 Å². The van der Waals surface area contributed by atoms with E-state index in [1.807, 2.05) is 4.90 Å². The largest absolute Gasteiger partial charge is 0.371 e. The van der Waals surface area contributed by atoms with Crippen LogP contribution in [-0.2, 0) is 0 Å². The molecule has 1 saturated heterocycles. The number of aromatic nitrogens is 1. The van der Waals surface area contributed by atoms with Crippen molar-refractivity contribution < 1.29 is 8.78 Å². The molecule has 2 heterocycles. The summed E-state index contributed by atoms with van der Waals surface area (Å²) in [7, 11) is 1.59. The molecule has 1 aliphatic rings. The first-order valence-electron chi connectivity index (χ1n) is 6.94. The highest BCUT2D eigenvalue weighted by molar-refractivity contribution is 5.49. The molecular weight excluding hydrogens is 248 g/mol. The molecule has 0 aromatic carbocycles. The number of nitrogens with one attached hydrogen (secondary N) is 1. The van der Waals surface area contributed by atoms with Crippen LogP contribution in [-0.4, -0.2) is 25.1 Å². The minimum Gasteiger partial charge on any atom is -0.371 e. The Hall–Kier alpha value is -1.39. The zero-order chi connectivity index (χ0) is 13.8. The van der Waals surface area contributed by atoms with Crippen molar-refractivity contribution in [1.29, 1.82) is 0 Å². The van der Waals surface area contributed by atoms with Crippen molar-refractivity contribution in [1.82, 2.24) is 4.98 Å². The standard InChI is InChI=1S/C14H21F2N3/c1-3-10-5-4-7-19(8-6-10)14-12(16)9-11(15)13(17-2)18-14/h9-10H,3-8H2,1-2H3,(H,17,18). The van der Waals surface area contributed by atoms with Gasteiger partial charge >= 0.3 is 0 Å². The maximum Gasteiger partial charge on any atom is 0.168 e. The van der Waals surface area contributed by atoms with E-state index in [-0.39, 0.29) is 11.6 Å². The maximum atomic E-state index is 13.9. The summed E-state index contributed by atoms with van der Waals surface area (Å²) in [5.74, 6) is -0.149. The Morgan fingerprint density at radius 1 is 1.32 bits per heavy atom. The second-order valence-electron chi connectivity index (χ2n) is 5.07. The molecule has 1 aromatic rings. The van der Waals surface area contributed by atoms with E-state index >= 15 is 0 Å². The maximum absolute atomic E-state index is 13.9. The summed E-state index contributed by atoms with van der Waals surface area (Å²) >= 11 is 0. The van der Waals surface area contributed by atoms with Crippen molar-refractivity contribution in [2.75, 3.05) is 30.4 Å². The topological polar surface area (TPSA) is 28.2 Å². The summed E-state index contributed by atoms with van der Waals surface area (Å²) < 4.78 is 27.3. The lowest BCUT2D eigenvalue weighted by Gasteiger charge is -2.22. The van der Waals surface area contributed by atoms with Crippen LogP contribution in [0.1, 0.15) is 32.6 Å². The molecule has 3 nitrogen and oxygen atoms in total. The minimum absolute atomic E-state index is 0.104. The van der Waals surface area contributed by atoms with Gasteiger partial charge in [-0.3, -0.25) is 0 Å². The van der Waals surface area contributed by atoms with E-state index in [0.717, 1.165) is 38.4 Å². The fourth-order valence-electron chi connectivity index (χ4n) is 2.64. The molecule has 2 rings (SSSR count). The van der Waals surface area contributed by atoms with Gasteiger partial charge in [-0.2, -0.15) is 0 Å². The number of hydrogen-bond donors (Lipinski definition) is 1. The number of hydrogen-bond acceptors (Lipinski definition) is 3. The monoisotopic (exact) mass is 269 g/mol. The lowest BCUT2D eigenvalue weighted by Crippen LogP contribution is -2.26. The number of anilines is 2. The molecule has 0 amide bonds. The highest BCUT2D eigenvalue weighted by atomic mass is 19.1. The van der Waals surface area contributed by atoms with Crippen molar-refractivity contribution in [3.8, 4) is 0 Å². The lowest BCUT2D eigenvalue weighted by molar-refractivity contribution is 0.459. The summed E-state index contributed by atoms with van der Waals surface area (Å²) in [6, 6.07) is 0.913. The lowest BCUT2D eigenvalue weighted by atomic mass is 9.98.